The van der Waals surface area contributed by atoms with Gasteiger partial charge >= 0.3 is 0 Å². The van der Waals surface area contributed by atoms with Gasteiger partial charge < -0.3 is 5.32 Å². The van der Waals surface area contributed by atoms with E-state index >= 15 is 0 Å². The van der Waals surface area contributed by atoms with Crippen molar-refractivity contribution in [1.29, 1.82) is 0 Å². The van der Waals surface area contributed by atoms with Gasteiger partial charge in [-0.2, -0.15) is 0 Å². The van der Waals surface area contributed by atoms with Crippen molar-refractivity contribution < 1.29 is 4.79 Å². The van der Waals surface area contributed by atoms with E-state index in [2.05, 4.69) is 53.3 Å². The van der Waals surface area contributed by atoms with Crippen LogP contribution in [0, 0.1) is 13.8 Å². The molecule has 1 heterocycles. The Kier molecular flexibility index (Phi) is 5.64. The van der Waals surface area contributed by atoms with Crippen LogP contribution in [-0.2, 0) is 4.79 Å². The number of aryl methyl sites for hydroxylation is 2. The second-order valence-electron chi connectivity index (χ2n) is 6.16. The summed E-state index contributed by atoms with van der Waals surface area (Å²) in [6.45, 7) is 4.34. The Labute approximate surface area is 152 Å². The normalized spacial score (nSPS) is 11.9. The molecule has 3 aromatic rings. The number of carbonyl (C=O) groups is 1. The molecule has 3 nitrogen and oxygen atoms in total. The number of hydrogen-bond acceptors (Lipinski definition) is 3. The first-order chi connectivity index (χ1) is 12.1. The zero-order valence-electron chi connectivity index (χ0n) is 14.5. The average molecular weight is 350 g/mol. The van der Waals surface area contributed by atoms with Gasteiger partial charge in [0, 0.05) is 10.6 Å². The second-order valence-corrected chi connectivity index (χ2v) is 7.14. The number of nitrogens with one attached hydrogen (secondary N) is 2. The molecule has 0 unspecified atom stereocenters. The molecule has 0 bridgehead atoms. The zero-order valence-corrected chi connectivity index (χ0v) is 15.3. The summed E-state index contributed by atoms with van der Waals surface area (Å²) >= 11 is 1.69. The molecular weight excluding hydrogens is 328 g/mol. The van der Waals surface area contributed by atoms with Crippen molar-refractivity contribution in [2.75, 3.05) is 11.9 Å². The van der Waals surface area contributed by atoms with Crippen molar-refractivity contribution in [3.63, 3.8) is 0 Å². The number of rotatable bonds is 6. The van der Waals surface area contributed by atoms with Gasteiger partial charge in [0.1, 0.15) is 0 Å². The molecule has 2 N–H and O–H groups in total. The minimum absolute atomic E-state index is 0.0175. The fourth-order valence-electron chi connectivity index (χ4n) is 2.72. The maximum absolute atomic E-state index is 12.3. The lowest BCUT2D eigenvalue weighted by molar-refractivity contribution is -0.115. The largest absolute Gasteiger partial charge is 0.325 e. The van der Waals surface area contributed by atoms with Crippen LogP contribution in [-0.4, -0.2) is 12.5 Å². The Morgan fingerprint density at radius 1 is 1.00 bits per heavy atom. The van der Waals surface area contributed by atoms with Crippen molar-refractivity contribution in [3.05, 3.63) is 87.6 Å². The molecule has 0 aliphatic rings. The van der Waals surface area contributed by atoms with E-state index in [1.165, 1.54) is 10.4 Å². The van der Waals surface area contributed by atoms with E-state index in [1.807, 2.05) is 37.3 Å². The van der Waals surface area contributed by atoms with Crippen LogP contribution < -0.4 is 10.6 Å². The molecule has 0 spiro atoms. The van der Waals surface area contributed by atoms with E-state index in [9.17, 15) is 4.79 Å². The third kappa shape index (κ3) is 4.78. The van der Waals surface area contributed by atoms with Crippen LogP contribution >= 0.6 is 11.3 Å². The summed E-state index contributed by atoms with van der Waals surface area (Å²) < 4.78 is 0. The monoisotopic (exact) mass is 350 g/mol. The standard InChI is InChI=1S/C21H22N2OS/c1-15-8-10-17(11-9-15)21(19-7-4-12-25-19)22-14-20(24)23-18-6-3-5-16(2)13-18/h3-13,21-22H,14H2,1-2H3,(H,23,24)/t21-/m0/s1. The third-order valence-corrected chi connectivity index (χ3v) is 4.94. The first-order valence-electron chi connectivity index (χ1n) is 8.32. The SMILES string of the molecule is Cc1ccc([C@H](NCC(=O)Nc2cccc(C)c2)c2cccs2)cc1. The molecule has 0 radical (unpaired) electrons. The van der Waals surface area contributed by atoms with Gasteiger partial charge in [0.05, 0.1) is 12.6 Å². The van der Waals surface area contributed by atoms with Gasteiger partial charge in [0.25, 0.3) is 0 Å². The van der Waals surface area contributed by atoms with Gasteiger partial charge in [0.2, 0.25) is 5.91 Å². The summed E-state index contributed by atoms with van der Waals surface area (Å²) in [4.78, 5) is 13.5. The summed E-state index contributed by atoms with van der Waals surface area (Å²) in [6, 6.07) is 20.4. The predicted octanol–water partition coefficient (Wildman–Crippen LogP) is 4.68. The maximum Gasteiger partial charge on any atom is 0.238 e. The van der Waals surface area contributed by atoms with Crippen LogP contribution in [0.5, 0.6) is 0 Å². The van der Waals surface area contributed by atoms with Gasteiger partial charge in [0.15, 0.2) is 0 Å². The molecule has 0 fully saturated rings. The smallest absolute Gasteiger partial charge is 0.238 e. The number of carbonyl (C=O) groups excluding carboxylic acids is 1. The molecule has 1 aromatic heterocycles. The second kappa shape index (κ2) is 8.10. The lowest BCUT2D eigenvalue weighted by Crippen LogP contribution is -2.31. The Morgan fingerprint density at radius 2 is 1.80 bits per heavy atom. The lowest BCUT2D eigenvalue weighted by atomic mass is 10.0. The number of thiophene rings is 1. The van der Waals surface area contributed by atoms with Crippen molar-refractivity contribution in [2.24, 2.45) is 0 Å². The summed E-state index contributed by atoms with van der Waals surface area (Å²) in [5.74, 6) is -0.0423. The van der Waals surface area contributed by atoms with Crippen molar-refractivity contribution >= 4 is 22.9 Å². The van der Waals surface area contributed by atoms with Crippen LogP contribution in [0.1, 0.15) is 27.6 Å². The van der Waals surface area contributed by atoms with E-state index in [0.29, 0.717) is 0 Å². The Bertz CT molecular complexity index is 825. The topological polar surface area (TPSA) is 41.1 Å². The van der Waals surface area contributed by atoms with Gasteiger partial charge in [-0.3, -0.25) is 10.1 Å². The van der Waals surface area contributed by atoms with E-state index in [-0.39, 0.29) is 18.5 Å². The van der Waals surface area contributed by atoms with Gasteiger partial charge in [-0.15, -0.1) is 11.3 Å². The average Bonchev–Trinajstić information content (AvgIpc) is 3.11. The summed E-state index contributed by atoms with van der Waals surface area (Å²) in [7, 11) is 0. The highest BCUT2D eigenvalue weighted by Crippen LogP contribution is 2.26. The molecule has 25 heavy (non-hydrogen) atoms. The van der Waals surface area contributed by atoms with Crippen molar-refractivity contribution in [3.8, 4) is 0 Å². The molecule has 4 heteroatoms. The number of anilines is 1. The fourth-order valence-corrected chi connectivity index (χ4v) is 3.55. The molecule has 0 saturated carbocycles. The highest BCUT2D eigenvalue weighted by atomic mass is 32.1. The Balaban J connectivity index is 1.68. The molecule has 0 aliphatic carbocycles. The van der Waals surface area contributed by atoms with Crippen molar-refractivity contribution in [2.45, 2.75) is 19.9 Å². The Morgan fingerprint density at radius 3 is 2.48 bits per heavy atom. The predicted molar refractivity (Wildman–Crippen MR) is 105 cm³/mol. The maximum atomic E-state index is 12.3. The fraction of sp³-hybridized carbons (Fsp3) is 0.190. The first-order valence-corrected chi connectivity index (χ1v) is 9.19. The van der Waals surface area contributed by atoms with Crippen LogP contribution in [0.4, 0.5) is 5.69 Å². The Hall–Kier alpha value is -2.43. The first kappa shape index (κ1) is 17.4. The molecule has 1 atom stereocenters. The number of amides is 1. The number of hydrogen-bond donors (Lipinski definition) is 2. The van der Waals surface area contributed by atoms with E-state index in [1.54, 1.807) is 11.3 Å². The van der Waals surface area contributed by atoms with Crippen LogP contribution in [0.3, 0.4) is 0 Å². The van der Waals surface area contributed by atoms with E-state index < -0.39 is 0 Å². The summed E-state index contributed by atoms with van der Waals surface area (Å²) in [6.07, 6.45) is 0. The van der Waals surface area contributed by atoms with E-state index in [4.69, 9.17) is 0 Å². The van der Waals surface area contributed by atoms with Crippen molar-refractivity contribution in [1.82, 2.24) is 5.32 Å². The minimum Gasteiger partial charge on any atom is -0.325 e. The van der Waals surface area contributed by atoms with Gasteiger partial charge in [-0.25, -0.2) is 0 Å². The molecule has 1 amide bonds. The van der Waals surface area contributed by atoms with Crippen LogP contribution in [0.25, 0.3) is 0 Å². The minimum atomic E-state index is -0.0423. The van der Waals surface area contributed by atoms with E-state index in [0.717, 1.165) is 16.8 Å². The molecule has 3 rings (SSSR count). The molecular formula is C21H22N2OS. The van der Waals surface area contributed by atoms with Crippen LogP contribution in [0.2, 0.25) is 0 Å². The summed E-state index contributed by atoms with van der Waals surface area (Å²) in [5.41, 5.74) is 4.35. The van der Waals surface area contributed by atoms with Crippen LogP contribution in [0.15, 0.2) is 66.0 Å². The molecule has 0 saturated heterocycles. The lowest BCUT2D eigenvalue weighted by Gasteiger charge is -2.18. The molecule has 0 aliphatic heterocycles. The molecule has 2 aromatic carbocycles. The van der Waals surface area contributed by atoms with Gasteiger partial charge in [-0.05, 0) is 48.6 Å². The zero-order chi connectivity index (χ0) is 17.6. The third-order valence-electron chi connectivity index (χ3n) is 4.01. The number of benzene rings is 2. The molecule has 128 valence electrons. The van der Waals surface area contributed by atoms with Gasteiger partial charge in [-0.1, -0.05) is 48.0 Å². The highest BCUT2D eigenvalue weighted by molar-refractivity contribution is 7.10. The quantitative estimate of drug-likeness (QED) is 0.677. The summed E-state index contributed by atoms with van der Waals surface area (Å²) in [5, 5.41) is 8.40. The highest BCUT2D eigenvalue weighted by Gasteiger charge is 2.16.